The first-order chi connectivity index (χ1) is 16.5. The molecule has 0 aliphatic rings. The van der Waals surface area contributed by atoms with Gasteiger partial charge in [0.15, 0.2) is 6.04 Å². The molecule has 2 aromatic carbocycles. The zero-order valence-electron chi connectivity index (χ0n) is 18.3. The van der Waals surface area contributed by atoms with Gasteiger partial charge >= 0.3 is 5.97 Å². The zero-order valence-corrected chi connectivity index (χ0v) is 18.3. The van der Waals surface area contributed by atoms with E-state index in [0.717, 1.165) is 0 Å². The molecule has 0 saturated heterocycles. The standard InChI is InChI=1S/C23H23N7O4/c1-33-23(32)15-4-2-3-5-18(15)34-11-9-27-22(31)19(30-10-8-26-13-30)21-28-16-7-6-14(20(24)25)12-17(16)29-21/h2-8,10,12-13,19H,9,11H2,1H3,(H3,24,25)(H,27,31)(H,28,29). The van der Waals surface area contributed by atoms with E-state index in [0.29, 0.717) is 33.7 Å². The lowest BCUT2D eigenvalue weighted by molar-refractivity contribution is -0.123. The highest BCUT2D eigenvalue weighted by Crippen LogP contribution is 2.21. The van der Waals surface area contributed by atoms with Crippen LogP contribution < -0.4 is 15.8 Å². The predicted octanol–water partition coefficient (Wildman–Crippen LogP) is 1.61. The summed E-state index contributed by atoms with van der Waals surface area (Å²) < 4.78 is 12.1. The van der Waals surface area contributed by atoms with Gasteiger partial charge < -0.3 is 30.1 Å². The molecule has 11 heteroatoms. The first-order valence-corrected chi connectivity index (χ1v) is 10.4. The number of hydrogen-bond acceptors (Lipinski definition) is 7. The number of hydrogen-bond donors (Lipinski definition) is 4. The third-order valence-electron chi connectivity index (χ3n) is 5.09. The zero-order chi connectivity index (χ0) is 24.1. The molecular weight excluding hydrogens is 438 g/mol. The molecule has 4 rings (SSSR count). The Kier molecular flexibility index (Phi) is 6.53. The molecule has 1 atom stereocenters. The molecule has 0 saturated carbocycles. The van der Waals surface area contributed by atoms with E-state index in [2.05, 4.69) is 20.3 Å². The van der Waals surface area contributed by atoms with Crippen molar-refractivity contribution >= 4 is 28.7 Å². The van der Waals surface area contributed by atoms with Crippen molar-refractivity contribution in [3.05, 3.63) is 78.1 Å². The number of nitrogens with one attached hydrogen (secondary N) is 3. The number of amidine groups is 1. The Morgan fingerprint density at radius 2 is 2.09 bits per heavy atom. The lowest BCUT2D eigenvalue weighted by atomic mass is 10.2. The molecule has 0 radical (unpaired) electrons. The fraction of sp³-hybridized carbons (Fsp3) is 0.174. The number of ether oxygens (including phenoxy) is 2. The number of nitrogens with zero attached hydrogens (tertiary/aromatic N) is 3. The lowest BCUT2D eigenvalue weighted by Gasteiger charge is -2.16. The van der Waals surface area contributed by atoms with Gasteiger partial charge in [-0.1, -0.05) is 12.1 Å². The average Bonchev–Trinajstić information content (AvgIpc) is 3.51. The minimum absolute atomic E-state index is 0.0595. The number of nitrogens with two attached hydrogens (primary N) is 1. The summed E-state index contributed by atoms with van der Waals surface area (Å²) in [6.45, 7) is 0.326. The number of amides is 1. The summed E-state index contributed by atoms with van der Waals surface area (Å²) in [5.41, 5.74) is 7.73. The van der Waals surface area contributed by atoms with Crippen molar-refractivity contribution in [3.8, 4) is 5.75 Å². The second kappa shape index (κ2) is 9.86. The number of esters is 1. The minimum atomic E-state index is -0.807. The van der Waals surface area contributed by atoms with E-state index in [1.165, 1.54) is 13.4 Å². The van der Waals surface area contributed by atoms with Crippen molar-refractivity contribution in [2.75, 3.05) is 20.3 Å². The van der Waals surface area contributed by atoms with Gasteiger partial charge in [0.2, 0.25) is 0 Å². The van der Waals surface area contributed by atoms with E-state index in [4.69, 9.17) is 20.6 Å². The van der Waals surface area contributed by atoms with Crippen molar-refractivity contribution < 1.29 is 19.1 Å². The van der Waals surface area contributed by atoms with Crippen LogP contribution in [-0.2, 0) is 9.53 Å². The maximum atomic E-state index is 13.1. The number of aromatic nitrogens is 4. The quantitative estimate of drug-likeness (QED) is 0.127. The Labute approximate surface area is 194 Å². The summed E-state index contributed by atoms with van der Waals surface area (Å²) in [6, 6.07) is 11.1. The number of imidazole rings is 2. The molecule has 11 nitrogen and oxygen atoms in total. The van der Waals surface area contributed by atoms with Crippen LogP contribution in [0.4, 0.5) is 0 Å². The van der Waals surface area contributed by atoms with E-state index < -0.39 is 12.0 Å². The highest BCUT2D eigenvalue weighted by atomic mass is 16.5. The Morgan fingerprint density at radius 1 is 1.26 bits per heavy atom. The summed E-state index contributed by atoms with van der Waals surface area (Å²) in [5, 5.41) is 10.5. The number of carbonyl (C=O) groups is 2. The first-order valence-electron chi connectivity index (χ1n) is 10.4. The van der Waals surface area contributed by atoms with Crippen LogP contribution in [0.3, 0.4) is 0 Å². The van der Waals surface area contributed by atoms with Crippen molar-refractivity contribution in [2.24, 2.45) is 5.73 Å². The maximum Gasteiger partial charge on any atom is 0.341 e. The average molecular weight is 461 g/mol. The number of methoxy groups -OCH3 is 1. The number of fused-ring (bicyclic) bond motifs is 1. The molecule has 0 spiro atoms. The highest BCUT2D eigenvalue weighted by Gasteiger charge is 2.25. The first kappa shape index (κ1) is 22.5. The molecule has 0 bridgehead atoms. The second-order valence-electron chi connectivity index (χ2n) is 7.31. The van der Waals surface area contributed by atoms with Crippen molar-refractivity contribution in [1.29, 1.82) is 5.41 Å². The summed E-state index contributed by atoms with van der Waals surface area (Å²) in [4.78, 5) is 36.7. The van der Waals surface area contributed by atoms with Gasteiger partial charge in [0.1, 0.15) is 29.6 Å². The molecule has 4 aromatic rings. The van der Waals surface area contributed by atoms with Gasteiger partial charge in [-0.05, 0) is 30.3 Å². The number of nitrogen functional groups attached to an aromatic ring is 1. The molecular formula is C23H23N7O4. The van der Waals surface area contributed by atoms with Crippen LogP contribution in [0.15, 0.2) is 61.2 Å². The van der Waals surface area contributed by atoms with Gasteiger partial charge in [0.25, 0.3) is 5.91 Å². The topological polar surface area (TPSA) is 161 Å². The second-order valence-corrected chi connectivity index (χ2v) is 7.31. The van der Waals surface area contributed by atoms with Gasteiger partial charge in [0.05, 0.1) is 31.0 Å². The molecule has 174 valence electrons. The van der Waals surface area contributed by atoms with Crippen LogP contribution in [0.5, 0.6) is 5.75 Å². The molecule has 2 aromatic heterocycles. The van der Waals surface area contributed by atoms with E-state index in [1.54, 1.807) is 59.4 Å². The van der Waals surface area contributed by atoms with E-state index >= 15 is 0 Å². The van der Waals surface area contributed by atoms with Gasteiger partial charge in [0, 0.05) is 18.0 Å². The number of rotatable bonds is 9. The third-order valence-corrected chi connectivity index (χ3v) is 5.09. The van der Waals surface area contributed by atoms with Crippen LogP contribution >= 0.6 is 0 Å². The van der Waals surface area contributed by atoms with Crippen LogP contribution in [0.1, 0.15) is 27.8 Å². The highest BCUT2D eigenvalue weighted by molar-refractivity contribution is 5.98. The number of benzene rings is 2. The smallest absolute Gasteiger partial charge is 0.341 e. The van der Waals surface area contributed by atoms with Gasteiger partial charge in [-0.25, -0.2) is 14.8 Å². The van der Waals surface area contributed by atoms with Crippen molar-refractivity contribution in [3.63, 3.8) is 0 Å². The predicted molar refractivity (Wildman–Crippen MR) is 124 cm³/mol. The number of aromatic amines is 1. The fourth-order valence-corrected chi connectivity index (χ4v) is 3.45. The van der Waals surface area contributed by atoms with E-state index in [9.17, 15) is 9.59 Å². The molecule has 5 N–H and O–H groups in total. The summed E-state index contributed by atoms with van der Waals surface area (Å²) in [5.74, 6) is -0.112. The summed E-state index contributed by atoms with van der Waals surface area (Å²) in [7, 11) is 1.30. The molecule has 2 heterocycles. The van der Waals surface area contributed by atoms with E-state index in [-0.39, 0.29) is 24.9 Å². The Hall–Kier alpha value is -4.67. The Morgan fingerprint density at radius 3 is 2.82 bits per heavy atom. The largest absolute Gasteiger partial charge is 0.491 e. The Balaban J connectivity index is 1.48. The number of para-hydroxylation sites is 1. The molecule has 1 amide bonds. The Bertz CT molecular complexity index is 1330. The monoisotopic (exact) mass is 461 g/mol. The van der Waals surface area contributed by atoms with Crippen molar-refractivity contribution in [1.82, 2.24) is 24.8 Å². The molecule has 1 unspecified atom stereocenters. The minimum Gasteiger partial charge on any atom is -0.491 e. The van der Waals surface area contributed by atoms with Crippen LogP contribution in [-0.4, -0.2) is 57.5 Å². The van der Waals surface area contributed by atoms with Gasteiger partial charge in [-0.3, -0.25) is 10.2 Å². The van der Waals surface area contributed by atoms with Gasteiger partial charge in [-0.2, -0.15) is 0 Å². The molecule has 0 aliphatic heterocycles. The normalized spacial score (nSPS) is 11.7. The van der Waals surface area contributed by atoms with Crippen LogP contribution in [0.25, 0.3) is 11.0 Å². The van der Waals surface area contributed by atoms with E-state index in [1.807, 2.05) is 0 Å². The maximum absolute atomic E-state index is 13.1. The lowest BCUT2D eigenvalue weighted by Crippen LogP contribution is -2.36. The molecule has 0 aliphatic carbocycles. The van der Waals surface area contributed by atoms with Crippen molar-refractivity contribution in [2.45, 2.75) is 6.04 Å². The molecule has 0 fully saturated rings. The van der Waals surface area contributed by atoms with Crippen LogP contribution in [0.2, 0.25) is 0 Å². The number of H-pyrrole nitrogens is 1. The summed E-state index contributed by atoms with van der Waals surface area (Å²) in [6.07, 6.45) is 4.77. The summed E-state index contributed by atoms with van der Waals surface area (Å²) >= 11 is 0. The number of carbonyl (C=O) groups excluding carboxylic acids is 2. The fourth-order valence-electron chi connectivity index (χ4n) is 3.45. The third kappa shape index (κ3) is 4.72. The SMILES string of the molecule is COC(=O)c1ccccc1OCCNC(=O)C(c1nc2ccc(C(=N)N)cc2[nH]1)n1ccnc1. The van der Waals surface area contributed by atoms with Crippen LogP contribution in [0, 0.1) is 5.41 Å². The molecule has 34 heavy (non-hydrogen) atoms. The van der Waals surface area contributed by atoms with Gasteiger partial charge in [-0.15, -0.1) is 0 Å².